The number of nitrogens with one attached hydrogen (secondary N) is 1. The van der Waals surface area contributed by atoms with E-state index < -0.39 is 0 Å². The molecule has 1 N–H and O–H groups in total. The van der Waals surface area contributed by atoms with Crippen LogP contribution in [0.4, 0.5) is 4.39 Å². The van der Waals surface area contributed by atoms with Gasteiger partial charge in [-0.3, -0.25) is 5.41 Å². The molecule has 0 aliphatic rings. The first-order valence-corrected chi connectivity index (χ1v) is 2.88. The van der Waals surface area contributed by atoms with E-state index in [-0.39, 0.29) is 9.93 Å². The summed E-state index contributed by atoms with van der Waals surface area (Å²) in [7, 11) is 1.64. The summed E-state index contributed by atoms with van der Waals surface area (Å²) in [6.07, 6.45) is 1.28. The Morgan fingerprint density at radius 2 is 2.50 bits per heavy atom. The van der Waals surface area contributed by atoms with Crippen molar-refractivity contribution >= 4 is 11.3 Å². The highest BCUT2D eigenvalue weighted by Crippen LogP contribution is 1.96. The maximum atomic E-state index is 12.1. The lowest BCUT2D eigenvalue weighted by Gasteiger charge is -1.79. The van der Waals surface area contributed by atoms with Gasteiger partial charge in [-0.05, 0) is 0 Å². The van der Waals surface area contributed by atoms with Crippen molar-refractivity contribution in [2.75, 3.05) is 0 Å². The van der Waals surface area contributed by atoms with Crippen LogP contribution >= 0.6 is 11.3 Å². The molecule has 1 heterocycles. The van der Waals surface area contributed by atoms with Gasteiger partial charge in [0.25, 0.3) is 0 Å². The zero-order chi connectivity index (χ0) is 6.15. The van der Waals surface area contributed by atoms with Gasteiger partial charge in [-0.1, -0.05) is 11.3 Å². The van der Waals surface area contributed by atoms with Crippen LogP contribution in [0.2, 0.25) is 0 Å². The van der Waals surface area contributed by atoms with Crippen molar-refractivity contribution in [3.05, 3.63) is 16.1 Å². The largest absolute Gasteiger partial charge is 0.324 e. The van der Waals surface area contributed by atoms with Crippen LogP contribution in [0.25, 0.3) is 0 Å². The van der Waals surface area contributed by atoms with Gasteiger partial charge in [-0.2, -0.15) is 4.39 Å². The zero-order valence-corrected chi connectivity index (χ0v) is 5.13. The number of hydrogen-bond acceptors (Lipinski definition) is 2. The summed E-state index contributed by atoms with van der Waals surface area (Å²) in [6, 6.07) is 0. The van der Waals surface area contributed by atoms with E-state index in [4.69, 9.17) is 5.41 Å². The number of hydrogen-bond donors (Lipinski definition) is 1. The number of aryl methyl sites for hydroxylation is 1. The molecule has 1 rings (SSSR count). The van der Waals surface area contributed by atoms with Crippen molar-refractivity contribution in [3.63, 3.8) is 0 Å². The first-order valence-electron chi connectivity index (χ1n) is 2.06. The molecule has 1 aromatic rings. The van der Waals surface area contributed by atoms with Gasteiger partial charge in [-0.25, -0.2) is 0 Å². The second-order valence-electron chi connectivity index (χ2n) is 1.45. The number of aromatic nitrogens is 1. The average molecular weight is 132 g/mol. The van der Waals surface area contributed by atoms with Gasteiger partial charge in [-0.15, -0.1) is 0 Å². The predicted molar refractivity (Wildman–Crippen MR) is 29.1 cm³/mol. The monoisotopic (exact) mass is 132 g/mol. The molecule has 0 aromatic carbocycles. The summed E-state index contributed by atoms with van der Waals surface area (Å²) in [4.78, 5) is 0.238. The highest BCUT2D eigenvalue weighted by molar-refractivity contribution is 7.07. The summed E-state index contributed by atoms with van der Waals surface area (Å²) >= 11 is 0.832. The Kier molecular flexibility index (Phi) is 1.17. The fourth-order valence-electron chi connectivity index (χ4n) is 0.402. The van der Waals surface area contributed by atoms with E-state index in [2.05, 4.69) is 0 Å². The molecule has 0 radical (unpaired) electrons. The maximum Gasteiger partial charge on any atom is 0.195 e. The Hall–Kier alpha value is -0.640. The summed E-state index contributed by atoms with van der Waals surface area (Å²) < 4.78 is 13.5. The summed E-state index contributed by atoms with van der Waals surface area (Å²) in [5.74, 6) is 0. The topological polar surface area (TPSA) is 28.8 Å². The van der Waals surface area contributed by atoms with Crippen LogP contribution in [0.15, 0.2) is 6.20 Å². The van der Waals surface area contributed by atoms with Crippen molar-refractivity contribution in [2.45, 2.75) is 0 Å². The quantitative estimate of drug-likeness (QED) is 0.538. The predicted octanol–water partition coefficient (Wildman–Crippen LogP) is 0.705. The van der Waals surface area contributed by atoms with Crippen LogP contribution in [-0.4, -0.2) is 4.57 Å². The fourth-order valence-corrected chi connectivity index (χ4v) is 0.994. The number of rotatable bonds is 0. The van der Waals surface area contributed by atoms with Gasteiger partial charge in [0, 0.05) is 7.05 Å². The minimum atomic E-state index is -0.308. The van der Waals surface area contributed by atoms with Crippen LogP contribution < -0.4 is 4.80 Å². The SMILES string of the molecule is Cn1cc(F)sc1=N. The third kappa shape index (κ3) is 0.790. The van der Waals surface area contributed by atoms with Gasteiger partial charge in [0.1, 0.15) is 0 Å². The Labute approximate surface area is 49.7 Å². The van der Waals surface area contributed by atoms with E-state index in [0.29, 0.717) is 0 Å². The molecule has 0 saturated carbocycles. The highest BCUT2D eigenvalue weighted by Gasteiger charge is 1.92. The van der Waals surface area contributed by atoms with Crippen molar-refractivity contribution in [3.8, 4) is 0 Å². The number of nitrogens with zero attached hydrogens (tertiary/aromatic N) is 1. The molecular formula is C4H5FN2S. The van der Waals surface area contributed by atoms with Crippen LogP contribution in [0, 0.1) is 10.5 Å². The number of halogens is 1. The van der Waals surface area contributed by atoms with Gasteiger partial charge >= 0.3 is 0 Å². The summed E-state index contributed by atoms with van der Waals surface area (Å²) in [5.41, 5.74) is 0. The molecule has 44 valence electrons. The first kappa shape index (κ1) is 5.50. The lowest BCUT2D eigenvalue weighted by molar-refractivity contribution is 0.644. The van der Waals surface area contributed by atoms with Crippen molar-refractivity contribution in [2.24, 2.45) is 7.05 Å². The molecule has 4 heteroatoms. The molecule has 0 fully saturated rings. The molecule has 0 aliphatic carbocycles. The van der Waals surface area contributed by atoms with Gasteiger partial charge in [0.15, 0.2) is 9.93 Å². The lowest BCUT2D eigenvalue weighted by atomic mass is 10.9. The van der Waals surface area contributed by atoms with Crippen LogP contribution in [-0.2, 0) is 7.05 Å². The first-order chi connectivity index (χ1) is 3.70. The van der Waals surface area contributed by atoms with E-state index in [1.807, 2.05) is 0 Å². The molecule has 0 saturated heterocycles. The van der Waals surface area contributed by atoms with Crippen molar-refractivity contribution < 1.29 is 4.39 Å². The van der Waals surface area contributed by atoms with Gasteiger partial charge in [0.2, 0.25) is 0 Å². The van der Waals surface area contributed by atoms with Gasteiger partial charge < -0.3 is 4.57 Å². The normalized spacial score (nSPS) is 9.75. The maximum absolute atomic E-state index is 12.1. The second-order valence-corrected chi connectivity index (χ2v) is 2.43. The molecule has 0 amide bonds. The van der Waals surface area contributed by atoms with Crippen LogP contribution in [0.5, 0.6) is 0 Å². The minimum Gasteiger partial charge on any atom is -0.324 e. The molecule has 8 heavy (non-hydrogen) atoms. The molecule has 0 unspecified atom stereocenters. The molecule has 0 spiro atoms. The van der Waals surface area contributed by atoms with E-state index in [1.165, 1.54) is 10.8 Å². The molecule has 1 aromatic heterocycles. The zero-order valence-electron chi connectivity index (χ0n) is 4.31. The lowest BCUT2D eigenvalue weighted by Crippen LogP contribution is -2.05. The van der Waals surface area contributed by atoms with E-state index in [1.54, 1.807) is 7.05 Å². The molecule has 0 aliphatic heterocycles. The second kappa shape index (κ2) is 1.70. The molecule has 0 bridgehead atoms. The van der Waals surface area contributed by atoms with E-state index in [0.717, 1.165) is 11.3 Å². The minimum absolute atomic E-state index is 0.238. The molecule has 2 nitrogen and oxygen atoms in total. The Morgan fingerprint density at radius 1 is 1.88 bits per heavy atom. The molecule has 0 atom stereocenters. The van der Waals surface area contributed by atoms with Crippen molar-refractivity contribution in [1.29, 1.82) is 5.41 Å². The third-order valence-electron chi connectivity index (χ3n) is 0.810. The van der Waals surface area contributed by atoms with Crippen molar-refractivity contribution in [1.82, 2.24) is 4.57 Å². The standard InChI is InChI=1S/C4H5FN2S/c1-7-2-3(5)8-4(7)6/h2,6H,1H3. The third-order valence-corrected chi connectivity index (χ3v) is 1.59. The van der Waals surface area contributed by atoms with Gasteiger partial charge in [0.05, 0.1) is 6.20 Å². The summed E-state index contributed by atoms with van der Waals surface area (Å²) in [5, 5.41) is 6.67. The van der Waals surface area contributed by atoms with Crippen LogP contribution in [0.1, 0.15) is 0 Å². The fraction of sp³-hybridized carbons (Fsp3) is 0.250. The Morgan fingerprint density at radius 3 is 2.62 bits per heavy atom. The smallest absolute Gasteiger partial charge is 0.195 e. The Balaban J connectivity index is 3.35. The Bertz CT molecular complexity index is 236. The van der Waals surface area contributed by atoms with E-state index in [9.17, 15) is 4.39 Å². The number of thiazole rings is 1. The highest BCUT2D eigenvalue weighted by atomic mass is 32.1. The van der Waals surface area contributed by atoms with Crippen LogP contribution in [0.3, 0.4) is 0 Å². The summed E-state index contributed by atoms with van der Waals surface area (Å²) in [6.45, 7) is 0. The van der Waals surface area contributed by atoms with E-state index >= 15 is 0 Å². The average Bonchev–Trinajstić information content (AvgIpc) is 1.85. The molecular weight excluding hydrogens is 127 g/mol.